The van der Waals surface area contributed by atoms with Crippen LogP contribution in [0.25, 0.3) is 33.4 Å². The molecule has 0 radical (unpaired) electrons. The first-order valence-electron chi connectivity index (χ1n) is 11.4. The topological polar surface area (TPSA) is 0 Å². The summed E-state index contributed by atoms with van der Waals surface area (Å²) in [5.41, 5.74) is 6.85. The SMILES string of the molecule is CCCc1ccc(-c2ccc(-c3ccc(-c4ccc(CCC)cc4F)cc3)c(F)c2)cc1. The zero-order valence-corrected chi connectivity index (χ0v) is 18.7. The van der Waals surface area contributed by atoms with Crippen molar-refractivity contribution in [3.05, 3.63) is 108 Å². The lowest BCUT2D eigenvalue weighted by Gasteiger charge is -2.10. The number of hydrogen-bond acceptors (Lipinski definition) is 0. The lowest BCUT2D eigenvalue weighted by molar-refractivity contribution is 0.628. The van der Waals surface area contributed by atoms with Gasteiger partial charge in [-0.2, -0.15) is 0 Å². The van der Waals surface area contributed by atoms with Crippen LogP contribution in [0.1, 0.15) is 37.8 Å². The minimum Gasteiger partial charge on any atom is -0.206 e. The maximum atomic E-state index is 15.0. The monoisotopic (exact) mass is 426 g/mol. The standard InChI is InChI=1S/C30H28F2/c1-3-5-21-7-10-23(11-8-21)26-16-18-28(30(32)20-26)25-14-12-24(13-15-25)27-17-9-22(6-4-2)19-29(27)31/h7-20H,3-6H2,1-2H3. The molecule has 0 nitrogen and oxygen atoms in total. The van der Waals surface area contributed by atoms with Gasteiger partial charge in [0.25, 0.3) is 0 Å². The number of aryl methyl sites for hydroxylation is 2. The molecule has 32 heavy (non-hydrogen) atoms. The molecule has 0 atom stereocenters. The maximum absolute atomic E-state index is 15.0. The number of rotatable bonds is 7. The van der Waals surface area contributed by atoms with Crippen LogP contribution in [-0.2, 0) is 12.8 Å². The van der Waals surface area contributed by atoms with Crippen LogP contribution in [0.5, 0.6) is 0 Å². The Morgan fingerprint density at radius 2 is 0.906 bits per heavy atom. The van der Waals surface area contributed by atoms with Crippen molar-refractivity contribution < 1.29 is 8.78 Å². The minimum absolute atomic E-state index is 0.218. The highest BCUT2D eigenvalue weighted by Gasteiger charge is 2.10. The van der Waals surface area contributed by atoms with Crippen molar-refractivity contribution in [3.8, 4) is 33.4 Å². The fourth-order valence-electron chi connectivity index (χ4n) is 4.15. The normalized spacial score (nSPS) is 11.0. The molecule has 0 aliphatic rings. The lowest BCUT2D eigenvalue weighted by Crippen LogP contribution is -1.90. The summed E-state index contributed by atoms with van der Waals surface area (Å²) in [5.74, 6) is -0.479. The van der Waals surface area contributed by atoms with E-state index in [2.05, 4.69) is 38.1 Å². The molecule has 0 N–H and O–H groups in total. The second kappa shape index (κ2) is 9.91. The van der Waals surface area contributed by atoms with E-state index in [0.29, 0.717) is 11.1 Å². The molecule has 4 aromatic carbocycles. The van der Waals surface area contributed by atoms with E-state index in [0.717, 1.165) is 53.5 Å². The summed E-state index contributed by atoms with van der Waals surface area (Å²) < 4.78 is 29.5. The predicted molar refractivity (Wildman–Crippen MR) is 131 cm³/mol. The second-order valence-corrected chi connectivity index (χ2v) is 8.28. The molecule has 0 aromatic heterocycles. The van der Waals surface area contributed by atoms with Gasteiger partial charge < -0.3 is 0 Å². The fourth-order valence-corrected chi connectivity index (χ4v) is 4.15. The quantitative estimate of drug-likeness (QED) is 0.277. The molecular formula is C30H28F2. The number of halogens is 2. The fraction of sp³-hybridized carbons (Fsp3) is 0.200. The number of benzene rings is 4. The number of hydrogen-bond donors (Lipinski definition) is 0. The summed E-state index contributed by atoms with van der Waals surface area (Å²) in [6.45, 7) is 4.24. The molecule has 0 amide bonds. The van der Waals surface area contributed by atoms with Gasteiger partial charge in [-0.1, -0.05) is 99.5 Å². The first-order chi connectivity index (χ1) is 15.6. The van der Waals surface area contributed by atoms with Crippen LogP contribution in [0.15, 0.2) is 84.9 Å². The largest absolute Gasteiger partial charge is 0.206 e. The van der Waals surface area contributed by atoms with Gasteiger partial charge in [-0.25, -0.2) is 8.78 Å². The van der Waals surface area contributed by atoms with E-state index in [-0.39, 0.29) is 11.6 Å². The van der Waals surface area contributed by atoms with Crippen molar-refractivity contribution in [1.82, 2.24) is 0 Å². The van der Waals surface area contributed by atoms with Crippen LogP contribution >= 0.6 is 0 Å². The highest BCUT2D eigenvalue weighted by molar-refractivity contribution is 5.74. The molecule has 0 unspecified atom stereocenters. The molecule has 0 fully saturated rings. The zero-order valence-electron chi connectivity index (χ0n) is 18.7. The van der Waals surface area contributed by atoms with Gasteiger partial charge in [0.2, 0.25) is 0 Å². The van der Waals surface area contributed by atoms with E-state index in [1.54, 1.807) is 12.1 Å². The molecule has 0 heterocycles. The first kappa shape index (κ1) is 22.0. The molecule has 0 saturated heterocycles. The summed E-state index contributed by atoms with van der Waals surface area (Å²) in [6, 6.07) is 26.5. The molecule has 0 aliphatic carbocycles. The molecule has 4 aromatic rings. The van der Waals surface area contributed by atoms with Crippen molar-refractivity contribution in [2.24, 2.45) is 0 Å². The third kappa shape index (κ3) is 4.80. The third-order valence-corrected chi connectivity index (χ3v) is 5.87. The Kier molecular flexibility index (Phi) is 6.80. The van der Waals surface area contributed by atoms with E-state index >= 15 is 0 Å². The second-order valence-electron chi connectivity index (χ2n) is 8.28. The van der Waals surface area contributed by atoms with Gasteiger partial charge in [-0.15, -0.1) is 0 Å². The summed E-state index contributed by atoms with van der Waals surface area (Å²) in [6.07, 6.45) is 4.02. The van der Waals surface area contributed by atoms with Gasteiger partial charge in [0.1, 0.15) is 11.6 Å². The van der Waals surface area contributed by atoms with Gasteiger partial charge in [-0.05, 0) is 58.4 Å². The highest BCUT2D eigenvalue weighted by atomic mass is 19.1. The van der Waals surface area contributed by atoms with Crippen LogP contribution in [0.4, 0.5) is 8.78 Å². The molecule has 0 bridgehead atoms. The van der Waals surface area contributed by atoms with Crippen molar-refractivity contribution in [1.29, 1.82) is 0 Å². The Balaban J connectivity index is 1.56. The van der Waals surface area contributed by atoms with Crippen molar-refractivity contribution in [2.75, 3.05) is 0 Å². The molecule has 0 spiro atoms. The van der Waals surface area contributed by atoms with Crippen LogP contribution in [0, 0.1) is 11.6 Å². The van der Waals surface area contributed by atoms with Crippen LogP contribution in [0.2, 0.25) is 0 Å². The van der Waals surface area contributed by atoms with Crippen molar-refractivity contribution in [2.45, 2.75) is 39.5 Å². The Labute approximate surface area is 189 Å². The Bertz CT molecular complexity index is 1190. The average molecular weight is 427 g/mol. The van der Waals surface area contributed by atoms with Gasteiger partial charge in [0.15, 0.2) is 0 Å². The molecular weight excluding hydrogens is 398 g/mol. The molecule has 162 valence electrons. The maximum Gasteiger partial charge on any atom is 0.131 e. The molecule has 0 saturated carbocycles. The summed E-state index contributed by atoms with van der Waals surface area (Å²) in [4.78, 5) is 0. The van der Waals surface area contributed by atoms with Crippen molar-refractivity contribution >= 4 is 0 Å². The van der Waals surface area contributed by atoms with Gasteiger partial charge in [-0.3, -0.25) is 0 Å². The Hall–Kier alpha value is -3.26. The molecule has 0 aliphatic heterocycles. The minimum atomic E-state index is -0.261. The summed E-state index contributed by atoms with van der Waals surface area (Å²) in [7, 11) is 0. The van der Waals surface area contributed by atoms with E-state index in [4.69, 9.17) is 0 Å². The molecule has 4 rings (SSSR count). The predicted octanol–water partition coefficient (Wildman–Crippen LogP) is 8.87. The van der Waals surface area contributed by atoms with E-state index in [1.165, 1.54) is 5.56 Å². The van der Waals surface area contributed by atoms with Gasteiger partial charge in [0, 0.05) is 11.1 Å². The Morgan fingerprint density at radius 1 is 0.469 bits per heavy atom. The van der Waals surface area contributed by atoms with Crippen LogP contribution in [0.3, 0.4) is 0 Å². The molecule has 2 heteroatoms. The smallest absolute Gasteiger partial charge is 0.131 e. The van der Waals surface area contributed by atoms with E-state index in [1.807, 2.05) is 48.5 Å². The third-order valence-electron chi connectivity index (χ3n) is 5.87. The van der Waals surface area contributed by atoms with Gasteiger partial charge in [0.05, 0.1) is 0 Å². The average Bonchev–Trinajstić information content (AvgIpc) is 2.80. The Morgan fingerprint density at radius 3 is 1.44 bits per heavy atom. The van der Waals surface area contributed by atoms with Crippen LogP contribution in [-0.4, -0.2) is 0 Å². The highest BCUT2D eigenvalue weighted by Crippen LogP contribution is 2.31. The van der Waals surface area contributed by atoms with Gasteiger partial charge >= 0.3 is 0 Å². The summed E-state index contributed by atoms with van der Waals surface area (Å²) >= 11 is 0. The van der Waals surface area contributed by atoms with E-state index in [9.17, 15) is 8.78 Å². The zero-order chi connectivity index (χ0) is 22.5. The first-order valence-corrected chi connectivity index (χ1v) is 11.4. The lowest BCUT2D eigenvalue weighted by atomic mass is 9.96. The van der Waals surface area contributed by atoms with E-state index < -0.39 is 0 Å². The van der Waals surface area contributed by atoms with Crippen LogP contribution < -0.4 is 0 Å². The van der Waals surface area contributed by atoms with Crippen molar-refractivity contribution in [3.63, 3.8) is 0 Å². The summed E-state index contributed by atoms with van der Waals surface area (Å²) in [5, 5.41) is 0.